The van der Waals surface area contributed by atoms with Crippen molar-refractivity contribution in [1.29, 1.82) is 0 Å². The Labute approximate surface area is 140 Å². The molecule has 2 heterocycles. The first kappa shape index (κ1) is 16.1. The summed E-state index contributed by atoms with van der Waals surface area (Å²) in [6.45, 7) is 1.41. The molecule has 0 N–H and O–H groups in total. The molecule has 0 saturated carbocycles. The van der Waals surface area contributed by atoms with Crippen molar-refractivity contribution in [2.75, 3.05) is 27.2 Å². The predicted octanol–water partition coefficient (Wildman–Crippen LogP) is 2.09. The van der Waals surface area contributed by atoms with E-state index in [2.05, 4.69) is 14.9 Å². The SMILES string of the molecule is CN(C)CCCOc1nc2cnccn2c(=O)c1-c1ccccc1. The third-order valence-electron chi connectivity index (χ3n) is 3.65. The van der Waals surface area contributed by atoms with Crippen LogP contribution in [0.1, 0.15) is 6.42 Å². The second-order valence-electron chi connectivity index (χ2n) is 5.77. The topological polar surface area (TPSA) is 59.7 Å². The Bertz CT molecular complexity index is 875. The Morgan fingerprint density at radius 2 is 2.00 bits per heavy atom. The number of fused-ring (bicyclic) bond motifs is 1. The molecular formula is C18H20N4O2. The van der Waals surface area contributed by atoms with Crippen molar-refractivity contribution in [3.8, 4) is 17.0 Å². The molecule has 0 bridgehead atoms. The van der Waals surface area contributed by atoms with Gasteiger partial charge in [-0.2, -0.15) is 4.98 Å². The van der Waals surface area contributed by atoms with Crippen molar-refractivity contribution in [2.45, 2.75) is 6.42 Å². The standard InChI is InChI=1S/C18H20N4O2/c1-21(2)10-6-12-24-17-16(14-7-4-3-5-8-14)18(23)22-11-9-19-13-15(22)20-17/h3-5,7-9,11,13H,6,10,12H2,1-2H3. The van der Waals surface area contributed by atoms with Gasteiger partial charge in [0.05, 0.1) is 12.8 Å². The molecule has 6 nitrogen and oxygen atoms in total. The van der Waals surface area contributed by atoms with Crippen molar-refractivity contribution >= 4 is 5.65 Å². The van der Waals surface area contributed by atoms with E-state index >= 15 is 0 Å². The summed E-state index contributed by atoms with van der Waals surface area (Å²) in [6.07, 6.45) is 5.60. The lowest BCUT2D eigenvalue weighted by Crippen LogP contribution is -2.20. The summed E-state index contributed by atoms with van der Waals surface area (Å²) < 4.78 is 7.34. The van der Waals surface area contributed by atoms with Gasteiger partial charge >= 0.3 is 0 Å². The summed E-state index contributed by atoms with van der Waals surface area (Å²) in [6, 6.07) is 9.48. The molecule has 0 saturated heterocycles. The highest BCUT2D eigenvalue weighted by atomic mass is 16.5. The van der Waals surface area contributed by atoms with Gasteiger partial charge in [-0.3, -0.25) is 14.2 Å². The largest absolute Gasteiger partial charge is 0.477 e. The molecule has 3 rings (SSSR count). The van der Waals surface area contributed by atoms with E-state index in [4.69, 9.17) is 4.74 Å². The quantitative estimate of drug-likeness (QED) is 0.650. The van der Waals surface area contributed by atoms with Crippen LogP contribution in [0.15, 0.2) is 53.7 Å². The molecule has 0 atom stereocenters. The summed E-state index contributed by atoms with van der Waals surface area (Å²) in [5.74, 6) is 0.359. The van der Waals surface area contributed by atoms with Crippen LogP contribution in [0.2, 0.25) is 0 Å². The van der Waals surface area contributed by atoms with Crippen molar-refractivity contribution in [3.63, 3.8) is 0 Å². The molecule has 0 aliphatic heterocycles. The monoisotopic (exact) mass is 324 g/mol. The van der Waals surface area contributed by atoms with Crippen LogP contribution >= 0.6 is 0 Å². The first-order chi connectivity index (χ1) is 11.7. The van der Waals surface area contributed by atoms with Gasteiger partial charge in [-0.15, -0.1) is 0 Å². The van der Waals surface area contributed by atoms with Crippen molar-refractivity contribution in [2.24, 2.45) is 0 Å². The third kappa shape index (κ3) is 3.44. The van der Waals surface area contributed by atoms with E-state index in [-0.39, 0.29) is 5.56 Å². The molecule has 124 valence electrons. The first-order valence-electron chi connectivity index (χ1n) is 7.86. The fraction of sp³-hybridized carbons (Fsp3) is 0.278. The Kier molecular flexibility index (Phi) is 4.86. The Morgan fingerprint density at radius 3 is 2.75 bits per heavy atom. The van der Waals surface area contributed by atoms with E-state index in [1.54, 1.807) is 18.6 Å². The molecule has 24 heavy (non-hydrogen) atoms. The number of benzene rings is 1. The van der Waals surface area contributed by atoms with Gasteiger partial charge in [0.25, 0.3) is 5.56 Å². The van der Waals surface area contributed by atoms with Crippen LogP contribution in [0.3, 0.4) is 0 Å². The third-order valence-corrected chi connectivity index (χ3v) is 3.65. The normalized spacial score (nSPS) is 11.1. The molecule has 0 unspecified atom stereocenters. The minimum absolute atomic E-state index is 0.156. The van der Waals surface area contributed by atoms with Gasteiger partial charge in [-0.1, -0.05) is 30.3 Å². The Morgan fingerprint density at radius 1 is 1.21 bits per heavy atom. The maximum absolute atomic E-state index is 12.9. The van der Waals surface area contributed by atoms with E-state index in [0.29, 0.717) is 23.7 Å². The van der Waals surface area contributed by atoms with Gasteiger partial charge in [-0.25, -0.2) is 0 Å². The molecule has 0 amide bonds. The van der Waals surface area contributed by atoms with E-state index in [1.165, 1.54) is 4.40 Å². The molecule has 6 heteroatoms. The zero-order chi connectivity index (χ0) is 16.9. The van der Waals surface area contributed by atoms with Gasteiger partial charge in [0.2, 0.25) is 5.88 Å². The fourth-order valence-electron chi connectivity index (χ4n) is 2.49. The predicted molar refractivity (Wildman–Crippen MR) is 93.4 cm³/mol. The van der Waals surface area contributed by atoms with Gasteiger partial charge < -0.3 is 9.64 Å². The highest BCUT2D eigenvalue weighted by Gasteiger charge is 2.16. The van der Waals surface area contributed by atoms with Crippen LogP contribution in [0, 0.1) is 0 Å². The molecule has 0 aliphatic rings. The van der Waals surface area contributed by atoms with Crippen LogP contribution < -0.4 is 10.3 Å². The van der Waals surface area contributed by atoms with Crippen LogP contribution in [0.25, 0.3) is 16.8 Å². The lowest BCUT2D eigenvalue weighted by Gasteiger charge is -2.13. The number of hydrogen-bond acceptors (Lipinski definition) is 5. The van der Waals surface area contributed by atoms with Crippen molar-refractivity contribution < 1.29 is 4.74 Å². The number of hydrogen-bond donors (Lipinski definition) is 0. The summed E-state index contributed by atoms with van der Waals surface area (Å²) >= 11 is 0. The lowest BCUT2D eigenvalue weighted by atomic mass is 10.1. The lowest BCUT2D eigenvalue weighted by molar-refractivity contribution is 0.274. The molecule has 0 fully saturated rings. The maximum atomic E-state index is 12.9. The van der Waals surface area contributed by atoms with E-state index in [1.807, 2.05) is 44.4 Å². The average Bonchev–Trinajstić information content (AvgIpc) is 2.59. The minimum atomic E-state index is -0.156. The molecule has 3 aromatic rings. The minimum Gasteiger partial charge on any atom is -0.477 e. The number of ether oxygens (including phenoxy) is 1. The van der Waals surface area contributed by atoms with E-state index < -0.39 is 0 Å². The first-order valence-corrected chi connectivity index (χ1v) is 7.86. The zero-order valence-electron chi connectivity index (χ0n) is 13.8. The van der Waals surface area contributed by atoms with Crippen molar-refractivity contribution in [1.82, 2.24) is 19.3 Å². The van der Waals surface area contributed by atoms with Crippen molar-refractivity contribution in [3.05, 3.63) is 59.3 Å². The van der Waals surface area contributed by atoms with Crippen LogP contribution in [-0.4, -0.2) is 46.5 Å². The summed E-state index contributed by atoms with van der Waals surface area (Å²) in [5.41, 5.74) is 1.59. The number of rotatable bonds is 6. The Balaban J connectivity index is 2.03. The second kappa shape index (κ2) is 7.23. The van der Waals surface area contributed by atoms with Gasteiger partial charge in [0.1, 0.15) is 5.56 Å². The highest BCUT2D eigenvalue weighted by Crippen LogP contribution is 2.25. The molecule has 0 spiro atoms. The van der Waals surface area contributed by atoms with E-state index in [9.17, 15) is 4.79 Å². The summed E-state index contributed by atoms with van der Waals surface area (Å²) in [7, 11) is 4.03. The molecule has 1 aromatic carbocycles. The van der Waals surface area contributed by atoms with Gasteiger partial charge in [-0.05, 0) is 26.1 Å². The zero-order valence-corrected chi connectivity index (χ0v) is 13.8. The smallest absolute Gasteiger partial charge is 0.269 e. The summed E-state index contributed by atoms with van der Waals surface area (Å²) in [5, 5.41) is 0. The molecule has 2 aromatic heterocycles. The summed E-state index contributed by atoms with van der Waals surface area (Å²) in [4.78, 5) is 23.5. The maximum Gasteiger partial charge on any atom is 0.269 e. The average molecular weight is 324 g/mol. The number of nitrogens with zero attached hydrogens (tertiary/aromatic N) is 4. The molecule has 0 radical (unpaired) electrons. The van der Waals surface area contributed by atoms with E-state index in [0.717, 1.165) is 18.5 Å². The second-order valence-corrected chi connectivity index (χ2v) is 5.77. The van der Waals surface area contributed by atoms with Gasteiger partial charge in [0.15, 0.2) is 5.65 Å². The van der Waals surface area contributed by atoms with Crippen LogP contribution in [-0.2, 0) is 0 Å². The fourth-order valence-corrected chi connectivity index (χ4v) is 2.49. The van der Waals surface area contributed by atoms with Crippen LogP contribution in [0.4, 0.5) is 0 Å². The molecule has 0 aliphatic carbocycles. The highest BCUT2D eigenvalue weighted by molar-refractivity contribution is 5.69. The Hall–Kier alpha value is -2.73. The van der Waals surface area contributed by atoms with Crippen LogP contribution in [0.5, 0.6) is 5.88 Å². The molecular weight excluding hydrogens is 304 g/mol. The van der Waals surface area contributed by atoms with Gasteiger partial charge in [0, 0.05) is 18.9 Å². The number of aromatic nitrogens is 3.